The minimum absolute atomic E-state index is 0.201. The fourth-order valence-corrected chi connectivity index (χ4v) is 3.12. The largest absolute Gasteiger partial charge is 0.452 e. The topological polar surface area (TPSA) is 59.4 Å². The van der Waals surface area contributed by atoms with Crippen LogP contribution >= 0.6 is 15.9 Å². The maximum atomic E-state index is 10.5. The molecular weight excluding hydrogens is 282 g/mol. The van der Waals surface area contributed by atoms with Crippen LogP contribution in [0.2, 0.25) is 0 Å². The average molecular weight is 302 g/mol. The van der Waals surface area contributed by atoms with Gasteiger partial charge in [-0.2, -0.15) is 0 Å². The first kappa shape index (κ1) is 13.1. The van der Waals surface area contributed by atoms with Crippen LogP contribution < -0.4 is 5.73 Å². The molecule has 17 heavy (non-hydrogen) atoms. The highest BCUT2D eigenvalue weighted by Gasteiger charge is 2.39. The Labute approximate surface area is 111 Å². The van der Waals surface area contributed by atoms with Crippen molar-refractivity contribution in [3.8, 4) is 0 Å². The Bertz CT molecular complexity index is 356. The van der Waals surface area contributed by atoms with Gasteiger partial charge in [-0.25, -0.2) is 0 Å². The Hall–Kier alpha value is -0.320. The number of hydrogen-bond acceptors (Lipinski definition) is 3. The second kappa shape index (κ2) is 5.55. The lowest BCUT2D eigenvalue weighted by atomic mass is 9.74. The molecule has 1 fully saturated rings. The Morgan fingerprint density at radius 1 is 1.29 bits per heavy atom. The van der Waals surface area contributed by atoms with E-state index in [1.54, 1.807) is 0 Å². The van der Waals surface area contributed by atoms with Crippen LogP contribution in [0.4, 0.5) is 0 Å². The number of nitrogens with two attached hydrogens (primary N) is 1. The third-order valence-electron chi connectivity index (χ3n) is 3.95. The first-order valence-corrected chi connectivity index (χ1v) is 7.11. The molecule has 1 aromatic heterocycles. The van der Waals surface area contributed by atoms with Gasteiger partial charge in [-0.05, 0) is 40.9 Å². The van der Waals surface area contributed by atoms with Crippen LogP contribution in [0.1, 0.15) is 50.4 Å². The van der Waals surface area contributed by atoms with Gasteiger partial charge in [0.15, 0.2) is 4.67 Å². The van der Waals surface area contributed by atoms with Crippen molar-refractivity contribution < 1.29 is 9.52 Å². The van der Waals surface area contributed by atoms with Crippen molar-refractivity contribution in [2.75, 3.05) is 6.54 Å². The minimum atomic E-state index is -0.586. The lowest BCUT2D eigenvalue weighted by Gasteiger charge is -2.35. The Kier molecular flexibility index (Phi) is 4.28. The maximum absolute atomic E-state index is 10.5. The summed E-state index contributed by atoms with van der Waals surface area (Å²) in [5.74, 6) is 0.629. The Morgan fingerprint density at radius 3 is 2.41 bits per heavy atom. The second-order valence-corrected chi connectivity index (χ2v) is 5.81. The molecule has 3 nitrogen and oxygen atoms in total. The monoisotopic (exact) mass is 301 g/mol. The molecule has 4 heteroatoms. The molecule has 2 rings (SSSR count). The molecule has 1 aliphatic carbocycles. The average Bonchev–Trinajstić information content (AvgIpc) is 2.64. The maximum Gasteiger partial charge on any atom is 0.169 e. The Morgan fingerprint density at radius 2 is 1.94 bits per heavy atom. The molecule has 1 atom stereocenters. The highest BCUT2D eigenvalue weighted by atomic mass is 79.9. The summed E-state index contributed by atoms with van der Waals surface area (Å²) in [7, 11) is 0. The minimum Gasteiger partial charge on any atom is -0.452 e. The zero-order valence-electron chi connectivity index (χ0n) is 9.99. The van der Waals surface area contributed by atoms with E-state index in [0.29, 0.717) is 17.0 Å². The summed E-state index contributed by atoms with van der Waals surface area (Å²) in [5, 5.41) is 10.5. The standard InChI is InChI=1S/C13H20BrNO2/c14-11-6-5-10(17-11)12(16)13(9-15)7-3-1-2-4-8-13/h5-6,12,16H,1-4,7-9,15H2. The van der Waals surface area contributed by atoms with Crippen LogP contribution in [0, 0.1) is 5.41 Å². The van der Waals surface area contributed by atoms with Crippen LogP contribution in [0.15, 0.2) is 21.2 Å². The van der Waals surface area contributed by atoms with E-state index in [0.717, 1.165) is 25.7 Å². The van der Waals surface area contributed by atoms with Gasteiger partial charge in [0, 0.05) is 12.0 Å². The molecule has 1 unspecified atom stereocenters. The molecule has 0 aliphatic heterocycles. The van der Waals surface area contributed by atoms with Gasteiger partial charge in [0.2, 0.25) is 0 Å². The summed E-state index contributed by atoms with van der Waals surface area (Å²) in [6.45, 7) is 0.520. The van der Waals surface area contributed by atoms with E-state index in [1.807, 2.05) is 12.1 Å². The molecule has 0 amide bonds. The van der Waals surface area contributed by atoms with Crippen LogP contribution in [-0.4, -0.2) is 11.7 Å². The molecule has 0 aromatic carbocycles. The van der Waals surface area contributed by atoms with Crippen LogP contribution in [0.5, 0.6) is 0 Å². The third kappa shape index (κ3) is 2.75. The number of hydrogen-bond donors (Lipinski definition) is 2. The van der Waals surface area contributed by atoms with Gasteiger partial charge < -0.3 is 15.3 Å². The van der Waals surface area contributed by atoms with Crippen LogP contribution in [-0.2, 0) is 0 Å². The molecule has 3 N–H and O–H groups in total. The van der Waals surface area contributed by atoms with Crippen LogP contribution in [0.25, 0.3) is 0 Å². The lowest BCUT2D eigenvalue weighted by Crippen LogP contribution is -2.36. The fraction of sp³-hybridized carbons (Fsp3) is 0.692. The third-order valence-corrected chi connectivity index (χ3v) is 4.38. The van der Waals surface area contributed by atoms with Crippen LogP contribution in [0.3, 0.4) is 0 Å². The SMILES string of the molecule is NCC1(C(O)c2ccc(Br)o2)CCCCCC1. The zero-order chi connectivity index (χ0) is 12.3. The molecule has 1 aliphatic rings. The molecule has 0 spiro atoms. The van der Waals surface area contributed by atoms with Gasteiger partial charge in [0.25, 0.3) is 0 Å². The lowest BCUT2D eigenvalue weighted by molar-refractivity contribution is 0.000771. The van der Waals surface area contributed by atoms with E-state index in [-0.39, 0.29) is 5.41 Å². The van der Waals surface area contributed by atoms with Gasteiger partial charge >= 0.3 is 0 Å². The first-order chi connectivity index (χ1) is 8.18. The predicted octanol–water partition coefficient (Wildman–Crippen LogP) is 3.37. The van der Waals surface area contributed by atoms with Gasteiger partial charge in [-0.3, -0.25) is 0 Å². The Balaban J connectivity index is 2.21. The van der Waals surface area contributed by atoms with E-state index in [1.165, 1.54) is 12.8 Å². The van der Waals surface area contributed by atoms with Crippen molar-refractivity contribution in [1.29, 1.82) is 0 Å². The van der Waals surface area contributed by atoms with Crippen molar-refractivity contribution >= 4 is 15.9 Å². The molecular formula is C13H20BrNO2. The molecule has 96 valence electrons. The van der Waals surface area contributed by atoms with Crippen molar-refractivity contribution in [2.24, 2.45) is 11.1 Å². The van der Waals surface area contributed by atoms with Gasteiger partial charge in [0.1, 0.15) is 11.9 Å². The quantitative estimate of drug-likeness (QED) is 0.842. The molecule has 0 saturated heterocycles. The van der Waals surface area contributed by atoms with Crippen molar-refractivity contribution in [3.63, 3.8) is 0 Å². The molecule has 0 radical (unpaired) electrons. The molecule has 1 aromatic rings. The van der Waals surface area contributed by atoms with Gasteiger partial charge in [-0.1, -0.05) is 25.7 Å². The second-order valence-electron chi connectivity index (χ2n) is 5.03. The summed E-state index contributed by atoms with van der Waals surface area (Å²) >= 11 is 3.27. The smallest absolute Gasteiger partial charge is 0.169 e. The van der Waals surface area contributed by atoms with E-state index in [2.05, 4.69) is 15.9 Å². The van der Waals surface area contributed by atoms with E-state index in [4.69, 9.17) is 10.2 Å². The normalized spacial score (nSPS) is 22.1. The number of aliphatic hydroxyl groups is 1. The van der Waals surface area contributed by atoms with E-state index in [9.17, 15) is 5.11 Å². The summed E-state index contributed by atoms with van der Waals surface area (Å²) in [6.07, 6.45) is 6.18. The summed E-state index contributed by atoms with van der Waals surface area (Å²) in [6, 6.07) is 3.65. The summed E-state index contributed by atoms with van der Waals surface area (Å²) in [5.41, 5.74) is 5.74. The van der Waals surface area contributed by atoms with E-state index < -0.39 is 6.10 Å². The van der Waals surface area contributed by atoms with Crippen molar-refractivity contribution in [1.82, 2.24) is 0 Å². The fourth-order valence-electron chi connectivity index (χ4n) is 2.80. The number of furan rings is 1. The number of rotatable bonds is 3. The van der Waals surface area contributed by atoms with Crippen molar-refractivity contribution in [2.45, 2.75) is 44.6 Å². The first-order valence-electron chi connectivity index (χ1n) is 6.31. The number of aliphatic hydroxyl groups excluding tert-OH is 1. The van der Waals surface area contributed by atoms with Gasteiger partial charge in [0.05, 0.1) is 0 Å². The highest BCUT2D eigenvalue weighted by Crippen LogP contribution is 2.44. The molecule has 0 bridgehead atoms. The highest BCUT2D eigenvalue weighted by molar-refractivity contribution is 9.10. The summed E-state index contributed by atoms with van der Waals surface area (Å²) < 4.78 is 6.14. The van der Waals surface area contributed by atoms with Gasteiger partial charge in [-0.15, -0.1) is 0 Å². The molecule has 1 heterocycles. The molecule has 1 saturated carbocycles. The predicted molar refractivity (Wildman–Crippen MR) is 70.6 cm³/mol. The zero-order valence-corrected chi connectivity index (χ0v) is 11.6. The van der Waals surface area contributed by atoms with Crippen molar-refractivity contribution in [3.05, 3.63) is 22.6 Å². The number of halogens is 1. The van der Waals surface area contributed by atoms with E-state index >= 15 is 0 Å². The summed E-state index contributed by atoms with van der Waals surface area (Å²) in [4.78, 5) is 0.